The van der Waals surface area contributed by atoms with Crippen molar-refractivity contribution in [3.63, 3.8) is 0 Å². The molecule has 1 fully saturated rings. The van der Waals surface area contributed by atoms with Gasteiger partial charge in [0.25, 0.3) is 0 Å². The summed E-state index contributed by atoms with van der Waals surface area (Å²) < 4.78 is 10.9. The fourth-order valence-corrected chi connectivity index (χ4v) is 2.13. The lowest BCUT2D eigenvalue weighted by Gasteiger charge is -2.27. The van der Waals surface area contributed by atoms with Crippen LogP contribution in [0.5, 0.6) is 0 Å². The average molecular weight is 217 g/mol. The van der Waals surface area contributed by atoms with Gasteiger partial charge in [-0.05, 0) is 17.2 Å². The number of hydrogen-bond donors (Lipinski definition) is 0. The molecule has 0 spiro atoms. The molecule has 1 aromatic rings. The van der Waals surface area contributed by atoms with Crippen molar-refractivity contribution in [3.8, 4) is 0 Å². The van der Waals surface area contributed by atoms with Gasteiger partial charge in [-0.1, -0.05) is 24.3 Å². The maximum absolute atomic E-state index is 5.45. The molecule has 0 aromatic heterocycles. The van der Waals surface area contributed by atoms with Gasteiger partial charge in [0, 0.05) is 12.7 Å². The molecule has 3 nitrogen and oxygen atoms in total. The van der Waals surface area contributed by atoms with Crippen LogP contribution in [0.15, 0.2) is 30.5 Å². The summed E-state index contributed by atoms with van der Waals surface area (Å²) in [5.41, 5.74) is 2.68. The number of rotatable bonds is 2. The van der Waals surface area contributed by atoms with Gasteiger partial charge >= 0.3 is 0 Å². The molecular weight excluding hydrogens is 202 g/mol. The van der Waals surface area contributed by atoms with E-state index in [2.05, 4.69) is 41.4 Å². The highest BCUT2D eigenvalue weighted by Gasteiger charge is 2.19. The second-order valence-corrected chi connectivity index (χ2v) is 4.12. The molecule has 2 aliphatic rings. The summed E-state index contributed by atoms with van der Waals surface area (Å²) >= 11 is 0. The molecule has 16 heavy (non-hydrogen) atoms. The molecule has 3 heteroatoms. The van der Waals surface area contributed by atoms with Crippen molar-refractivity contribution in [2.24, 2.45) is 0 Å². The molecule has 2 aliphatic heterocycles. The highest BCUT2D eigenvalue weighted by Crippen LogP contribution is 2.20. The Bertz CT molecular complexity index is 397. The highest BCUT2D eigenvalue weighted by atomic mass is 16.7. The Hall–Kier alpha value is -1.32. The minimum atomic E-state index is -0.0603. The Balaban J connectivity index is 1.68. The zero-order chi connectivity index (χ0) is 10.8. The predicted molar refractivity (Wildman–Crippen MR) is 61.6 cm³/mol. The van der Waals surface area contributed by atoms with Gasteiger partial charge in [0.05, 0.1) is 19.8 Å². The maximum Gasteiger partial charge on any atom is 0.175 e. The van der Waals surface area contributed by atoms with Crippen molar-refractivity contribution in [1.82, 2.24) is 4.90 Å². The number of ether oxygens (including phenoxy) is 2. The van der Waals surface area contributed by atoms with Crippen LogP contribution in [0.25, 0.3) is 6.08 Å². The Morgan fingerprint density at radius 2 is 2.00 bits per heavy atom. The second kappa shape index (κ2) is 4.28. The van der Waals surface area contributed by atoms with Gasteiger partial charge in [0.15, 0.2) is 6.29 Å². The van der Waals surface area contributed by atoms with Crippen LogP contribution < -0.4 is 0 Å². The fourth-order valence-electron chi connectivity index (χ4n) is 2.13. The van der Waals surface area contributed by atoms with Crippen LogP contribution >= 0.6 is 0 Å². The van der Waals surface area contributed by atoms with Crippen molar-refractivity contribution < 1.29 is 9.47 Å². The van der Waals surface area contributed by atoms with Crippen molar-refractivity contribution in [1.29, 1.82) is 0 Å². The quantitative estimate of drug-likeness (QED) is 0.754. The molecule has 0 aliphatic carbocycles. The minimum absolute atomic E-state index is 0.0603. The number of nitrogens with zero attached hydrogens (tertiary/aromatic N) is 1. The maximum atomic E-state index is 5.45. The molecule has 0 atom stereocenters. The van der Waals surface area contributed by atoms with E-state index in [0.29, 0.717) is 0 Å². The Kier molecular flexibility index (Phi) is 2.64. The van der Waals surface area contributed by atoms with Gasteiger partial charge in [-0.25, -0.2) is 0 Å². The predicted octanol–water partition coefficient (Wildman–Crippen LogP) is 1.85. The van der Waals surface area contributed by atoms with Gasteiger partial charge in [-0.3, -0.25) is 0 Å². The molecule has 1 aromatic carbocycles. The van der Waals surface area contributed by atoms with Crippen molar-refractivity contribution >= 4 is 6.08 Å². The van der Waals surface area contributed by atoms with Crippen molar-refractivity contribution in [2.75, 3.05) is 19.8 Å². The number of benzene rings is 1. The molecule has 0 radical (unpaired) electrons. The summed E-state index contributed by atoms with van der Waals surface area (Å²) in [5, 5.41) is 0. The molecule has 0 N–H and O–H groups in total. The normalized spacial score (nSPS) is 20.1. The van der Waals surface area contributed by atoms with E-state index in [-0.39, 0.29) is 6.29 Å². The second-order valence-electron chi connectivity index (χ2n) is 4.12. The molecule has 0 unspecified atom stereocenters. The van der Waals surface area contributed by atoms with E-state index in [4.69, 9.17) is 9.47 Å². The van der Waals surface area contributed by atoms with E-state index in [0.717, 1.165) is 26.3 Å². The third-order valence-electron chi connectivity index (χ3n) is 2.97. The summed E-state index contributed by atoms with van der Waals surface area (Å²) in [6, 6.07) is 8.47. The first kappa shape index (κ1) is 9.87. The smallest absolute Gasteiger partial charge is 0.175 e. The largest absolute Gasteiger partial charge is 0.368 e. The van der Waals surface area contributed by atoms with Crippen LogP contribution in [0.3, 0.4) is 0 Å². The Morgan fingerprint density at radius 1 is 1.19 bits per heavy atom. The van der Waals surface area contributed by atoms with E-state index in [1.807, 2.05) is 0 Å². The van der Waals surface area contributed by atoms with E-state index in [1.165, 1.54) is 11.1 Å². The van der Waals surface area contributed by atoms with Crippen LogP contribution in [0.4, 0.5) is 0 Å². The molecule has 2 heterocycles. The van der Waals surface area contributed by atoms with Crippen LogP contribution in [-0.4, -0.2) is 30.9 Å². The van der Waals surface area contributed by atoms with Crippen LogP contribution in [0, 0.1) is 0 Å². The van der Waals surface area contributed by atoms with Gasteiger partial charge < -0.3 is 14.4 Å². The van der Waals surface area contributed by atoms with Gasteiger partial charge in [-0.2, -0.15) is 0 Å². The SMILES string of the molecule is C1=CN(CC2OCCO2)Cc2ccccc21. The zero-order valence-electron chi connectivity index (χ0n) is 9.13. The summed E-state index contributed by atoms with van der Waals surface area (Å²) in [4.78, 5) is 2.23. The summed E-state index contributed by atoms with van der Waals surface area (Å²) in [5.74, 6) is 0. The summed E-state index contributed by atoms with van der Waals surface area (Å²) in [6.07, 6.45) is 4.20. The molecule has 3 rings (SSSR count). The number of fused-ring (bicyclic) bond motifs is 1. The van der Waals surface area contributed by atoms with Crippen molar-refractivity contribution in [3.05, 3.63) is 41.6 Å². The highest BCUT2D eigenvalue weighted by molar-refractivity contribution is 5.55. The third-order valence-corrected chi connectivity index (χ3v) is 2.97. The zero-order valence-corrected chi connectivity index (χ0v) is 9.13. The lowest BCUT2D eigenvalue weighted by Crippen LogP contribution is -2.30. The van der Waals surface area contributed by atoms with E-state index < -0.39 is 0 Å². The van der Waals surface area contributed by atoms with Crippen LogP contribution in [0.2, 0.25) is 0 Å². The minimum Gasteiger partial charge on any atom is -0.368 e. The first-order valence-electron chi connectivity index (χ1n) is 5.65. The molecule has 84 valence electrons. The molecular formula is C13H15NO2. The molecule has 1 saturated heterocycles. The van der Waals surface area contributed by atoms with Gasteiger partial charge in [-0.15, -0.1) is 0 Å². The topological polar surface area (TPSA) is 21.7 Å². The molecule has 0 bridgehead atoms. The van der Waals surface area contributed by atoms with Gasteiger partial charge in [0.1, 0.15) is 0 Å². The summed E-state index contributed by atoms with van der Waals surface area (Å²) in [6.45, 7) is 3.19. The lowest BCUT2D eigenvalue weighted by atomic mass is 10.0. The van der Waals surface area contributed by atoms with Crippen molar-refractivity contribution in [2.45, 2.75) is 12.8 Å². The van der Waals surface area contributed by atoms with E-state index >= 15 is 0 Å². The Labute approximate surface area is 95.3 Å². The van der Waals surface area contributed by atoms with Crippen LogP contribution in [-0.2, 0) is 16.0 Å². The first-order valence-corrected chi connectivity index (χ1v) is 5.65. The number of hydrogen-bond acceptors (Lipinski definition) is 3. The Morgan fingerprint density at radius 3 is 2.88 bits per heavy atom. The van der Waals surface area contributed by atoms with E-state index in [1.54, 1.807) is 0 Å². The van der Waals surface area contributed by atoms with Gasteiger partial charge in [0.2, 0.25) is 0 Å². The summed E-state index contributed by atoms with van der Waals surface area (Å²) in [7, 11) is 0. The average Bonchev–Trinajstić information content (AvgIpc) is 2.82. The van der Waals surface area contributed by atoms with Crippen LogP contribution in [0.1, 0.15) is 11.1 Å². The lowest BCUT2D eigenvalue weighted by molar-refractivity contribution is -0.0561. The molecule has 0 amide bonds. The molecule has 0 saturated carbocycles. The third kappa shape index (κ3) is 1.96. The fraction of sp³-hybridized carbons (Fsp3) is 0.385. The standard InChI is InChI=1S/C13H15NO2/c1-2-4-12-9-14(6-5-11(12)3-1)10-13-15-7-8-16-13/h1-6,13H,7-10H2. The monoisotopic (exact) mass is 217 g/mol. The first-order chi connectivity index (χ1) is 7.92. The van der Waals surface area contributed by atoms with E-state index in [9.17, 15) is 0 Å².